The van der Waals surface area contributed by atoms with Gasteiger partial charge < -0.3 is 15.0 Å². The minimum Gasteiger partial charge on any atom is -0.508 e. The smallest absolute Gasteiger partial charge is 0.138 e. The monoisotopic (exact) mass is 355 g/mol. The van der Waals surface area contributed by atoms with E-state index in [0.717, 1.165) is 39.6 Å². The summed E-state index contributed by atoms with van der Waals surface area (Å²) in [7, 11) is 4.06. The second kappa shape index (κ2) is 7.00. The van der Waals surface area contributed by atoms with Crippen molar-refractivity contribution in [3.05, 3.63) is 78.9 Å². The van der Waals surface area contributed by atoms with Crippen molar-refractivity contribution in [3.63, 3.8) is 0 Å². The van der Waals surface area contributed by atoms with E-state index in [9.17, 15) is 5.11 Å². The predicted molar refractivity (Wildman–Crippen MR) is 111 cm³/mol. The maximum Gasteiger partial charge on any atom is 0.138 e. The first-order valence-electron chi connectivity index (χ1n) is 8.84. The fraction of sp³-hybridized carbons (Fsp3) is 0.0870. The Labute approximate surface area is 158 Å². The van der Waals surface area contributed by atoms with Crippen LogP contribution in [0.2, 0.25) is 0 Å². The number of phenols is 1. The number of aromatic hydroxyl groups is 1. The Morgan fingerprint density at radius 2 is 1.37 bits per heavy atom. The van der Waals surface area contributed by atoms with Crippen LogP contribution in [0.3, 0.4) is 0 Å². The van der Waals surface area contributed by atoms with Gasteiger partial charge in [-0.3, -0.25) is 0 Å². The van der Waals surface area contributed by atoms with E-state index in [0.29, 0.717) is 0 Å². The fourth-order valence-corrected chi connectivity index (χ4v) is 3.07. The molecule has 0 unspecified atom stereocenters. The molecule has 0 aliphatic rings. The van der Waals surface area contributed by atoms with Crippen LogP contribution < -0.4 is 4.90 Å². The van der Waals surface area contributed by atoms with Gasteiger partial charge in [-0.15, -0.1) is 0 Å². The molecule has 0 saturated heterocycles. The van der Waals surface area contributed by atoms with Crippen molar-refractivity contribution < 1.29 is 5.11 Å². The van der Waals surface area contributed by atoms with Crippen LogP contribution in [0.1, 0.15) is 0 Å². The van der Waals surface area contributed by atoms with Crippen molar-refractivity contribution >= 4 is 5.69 Å². The lowest BCUT2D eigenvalue weighted by Crippen LogP contribution is -2.07. The van der Waals surface area contributed by atoms with Gasteiger partial charge >= 0.3 is 0 Å². The van der Waals surface area contributed by atoms with E-state index in [4.69, 9.17) is 4.98 Å². The third-order valence-electron chi connectivity index (χ3n) is 4.56. The van der Waals surface area contributed by atoms with Gasteiger partial charge in [0.2, 0.25) is 0 Å². The second-order valence-electron chi connectivity index (χ2n) is 6.66. The highest BCUT2D eigenvalue weighted by molar-refractivity contribution is 5.81. The first-order chi connectivity index (χ1) is 13.1. The van der Waals surface area contributed by atoms with E-state index in [1.54, 1.807) is 12.1 Å². The SMILES string of the molecule is CN(C)c1ccc(-c2[nH]c(-c3ccc(O)cc3)nc2-c2ccccc2)cc1. The summed E-state index contributed by atoms with van der Waals surface area (Å²) in [6.07, 6.45) is 0. The molecule has 1 aromatic heterocycles. The number of phenolic OH excluding ortho intramolecular Hbond substituents is 1. The van der Waals surface area contributed by atoms with Crippen LogP contribution in [0.25, 0.3) is 33.9 Å². The maximum absolute atomic E-state index is 9.56. The first kappa shape index (κ1) is 16.9. The number of nitrogens with one attached hydrogen (secondary N) is 1. The Bertz CT molecular complexity index is 1030. The quantitative estimate of drug-likeness (QED) is 0.530. The molecule has 2 N–H and O–H groups in total. The molecule has 0 aliphatic carbocycles. The van der Waals surface area contributed by atoms with Crippen LogP contribution in [0.5, 0.6) is 5.75 Å². The molecule has 0 fully saturated rings. The van der Waals surface area contributed by atoms with Gasteiger partial charge in [-0.1, -0.05) is 42.5 Å². The zero-order chi connectivity index (χ0) is 18.8. The lowest BCUT2D eigenvalue weighted by Gasteiger charge is -2.12. The molecule has 0 radical (unpaired) electrons. The van der Waals surface area contributed by atoms with Crippen molar-refractivity contribution in [2.45, 2.75) is 0 Å². The fourth-order valence-electron chi connectivity index (χ4n) is 3.07. The number of benzene rings is 3. The summed E-state index contributed by atoms with van der Waals surface area (Å²) in [5.74, 6) is 1.02. The van der Waals surface area contributed by atoms with Crippen LogP contribution in [0.15, 0.2) is 78.9 Å². The van der Waals surface area contributed by atoms with Crippen LogP contribution in [0.4, 0.5) is 5.69 Å². The third-order valence-corrected chi connectivity index (χ3v) is 4.56. The molecule has 1 heterocycles. The predicted octanol–water partition coefficient (Wildman–Crippen LogP) is 5.18. The molecular formula is C23H21N3O. The average molecular weight is 355 g/mol. The Morgan fingerprint density at radius 1 is 0.741 bits per heavy atom. The number of anilines is 1. The minimum absolute atomic E-state index is 0.244. The highest BCUT2D eigenvalue weighted by atomic mass is 16.3. The Hall–Kier alpha value is -3.53. The lowest BCUT2D eigenvalue weighted by atomic mass is 10.0. The second-order valence-corrected chi connectivity index (χ2v) is 6.66. The topological polar surface area (TPSA) is 52.2 Å². The molecule has 0 atom stereocenters. The van der Waals surface area contributed by atoms with Gasteiger partial charge in [0.25, 0.3) is 0 Å². The number of aromatic nitrogens is 2. The molecule has 4 heteroatoms. The molecular weight excluding hydrogens is 334 g/mol. The highest BCUT2D eigenvalue weighted by Gasteiger charge is 2.15. The molecule has 134 valence electrons. The van der Waals surface area contributed by atoms with Crippen molar-refractivity contribution in [1.82, 2.24) is 9.97 Å². The molecule has 0 aliphatic heterocycles. The molecule has 4 nitrogen and oxygen atoms in total. The Morgan fingerprint density at radius 3 is 2.00 bits per heavy atom. The van der Waals surface area contributed by atoms with Gasteiger partial charge in [0.1, 0.15) is 11.6 Å². The van der Waals surface area contributed by atoms with Crippen molar-refractivity contribution in [1.29, 1.82) is 0 Å². The van der Waals surface area contributed by atoms with E-state index in [1.807, 2.05) is 44.4 Å². The van der Waals surface area contributed by atoms with Gasteiger partial charge in [0.05, 0.1) is 11.4 Å². The number of aromatic amines is 1. The number of nitrogens with zero attached hydrogens (tertiary/aromatic N) is 2. The molecule has 4 aromatic rings. The van der Waals surface area contributed by atoms with Gasteiger partial charge in [-0.25, -0.2) is 4.98 Å². The molecule has 0 saturated carbocycles. The molecule has 0 spiro atoms. The van der Waals surface area contributed by atoms with Crippen LogP contribution in [0, 0.1) is 0 Å². The number of hydrogen-bond donors (Lipinski definition) is 2. The van der Waals surface area contributed by atoms with Gasteiger partial charge in [0, 0.05) is 36.5 Å². The van der Waals surface area contributed by atoms with Gasteiger partial charge in [0.15, 0.2) is 0 Å². The maximum atomic E-state index is 9.56. The lowest BCUT2D eigenvalue weighted by molar-refractivity contribution is 0.475. The van der Waals surface area contributed by atoms with E-state index in [-0.39, 0.29) is 5.75 Å². The highest BCUT2D eigenvalue weighted by Crippen LogP contribution is 2.34. The summed E-state index contributed by atoms with van der Waals surface area (Å²) in [4.78, 5) is 10.4. The summed E-state index contributed by atoms with van der Waals surface area (Å²) in [5, 5.41) is 9.56. The molecule has 3 aromatic carbocycles. The number of hydrogen-bond acceptors (Lipinski definition) is 3. The first-order valence-corrected chi connectivity index (χ1v) is 8.84. The van der Waals surface area contributed by atoms with Crippen molar-refractivity contribution in [2.24, 2.45) is 0 Å². The summed E-state index contributed by atoms with van der Waals surface area (Å²) >= 11 is 0. The van der Waals surface area contributed by atoms with Gasteiger partial charge in [-0.05, 0) is 36.4 Å². The molecule has 4 rings (SSSR count). The third kappa shape index (κ3) is 3.42. The van der Waals surface area contributed by atoms with E-state index >= 15 is 0 Å². The van der Waals surface area contributed by atoms with Gasteiger partial charge in [-0.2, -0.15) is 0 Å². The normalized spacial score (nSPS) is 10.7. The van der Waals surface area contributed by atoms with Crippen LogP contribution in [-0.2, 0) is 0 Å². The number of imidazole rings is 1. The molecule has 0 bridgehead atoms. The zero-order valence-corrected chi connectivity index (χ0v) is 15.3. The summed E-state index contributed by atoms with van der Waals surface area (Å²) < 4.78 is 0. The Kier molecular flexibility index (Phi) is 4.38. The summed E-state index contributed by atoms with van der Waals surface area (Å²) in [5.41, 5.74) is 6.12. The minimum atomic E-state index is 0.244. The largest absolute Gasteiger partial charge is 0.508 e. The van der Waals surface area contributed by atoms with Crippen LogP contribution in [-0.4, -0.2) is 29.2 Å². The standard InChI is InChI=1S/C23H21N3O/c1-26(2)19-12-8-17(9-13-19)22-21(16-6-4-3-5-7-16)24-23(25-22)18-10-14-20(27)15-11-18/h3-15,27H,1-2H3,(H,24,25). The van der Waals surface area contributed by atoms with E-state index < -0.39 is 0 Å². The Balaban J connectivity index is 1.84. The molecule has 27 heavy (non-hydrogen) atoms. The average Bonchev–Trinajstić information content (AvgIpc) is 3.15. The van der Waals surface area contributed by atoms with E-state index in [2.05, 4.69) is 46.3 Å². The van der Waals surface area contributed by atoms with E-state index in [1.165, 1.54) is 0 Å². The van der Waals surface area contributed by atoms with Crippen LogP contribution >= 0.6 is 0 Å². The zero-order valence-electron chi connectivity index (χ0n) is 15.3. The number of H-pyrrole nitrogens is 1. The number of rotatable bonds is 4. The molecule has 0 amide bonds. The summed E-state index contributed by atoms with van der Waals surface area (Å²) in [6, 6.07) is 25.7. The summed E-state index contributed by atoms with van der Waals surface area (Å²) in [6.45, 7) is 0. The van der Waals surface area contributed by atoms with Crippen molar-refractivity contribution in [2.75, 3.05) is 19.0 Å². The van der Waals surface area contributed by atoms with Crippen molar-refractivity contribution in [3.8, 4) is 39.7 Å².